The van der Waals surface area contributed by atoms with Crippen molar-refractivity contribution >= 4 is 11.0 Å². The Kier molecular flexibility index (Phi) is 5.74. The third kappa shape index (κ3) is 4.41. The fourth-order valence-electron chi connectivity index (χ4n) is 2.78. The zero-order chi connectivity index (χ0) is 17.6. The second kappa shape index (κ2) is 8.19. The molecule has 0 radical (unpaired) electrons. The van der Waals surface area contributed by atoms with Gasteiger partial charge in [0, 0.05) is 12.5 Å². The van der Waals surface area contributed by atoms with E-state index < -0.39 is 0 Å². The maximum absolute atomic E-state index is 5.98. The molecule has 1 unspecified atom stereocenters. The van der Waals surface area contributed by atoms with Gasteiger partial charge in [-0.3, -0.25) is 0 Å². The van der Waals surface area contributed by atoms with Crippen LogP contribution in [0.3, 0.4) is 0 Å². The minimum atomic E-state index is 0.217. The quantitative estimate of drug-likeness (QED) is 0.615. The van der Waals surface area contributed by atoms with Gasteiger partial charge in [0.05, 0.1) is 6.04 Å². The summed E-state index contributed by atoms with van der Waals surface area (Å²) in [5, 5.41) is 4.36. The van der Waals surface area contributed by atoms with Gasteiger partial charge in [-0.2, -0.15) is 0 Å². The number of hydrogen-bond donors (Lipinski definition) is 1. The van der Waals surface area contributed by atoms with Crippen molar-refractivity contribution in [3.8, 4) is 5.75 Å². The van der Waals surface area contributed by atoms with Gasteiger partial charge in [0.1, 0.15) is 17.1 Å². The summed E-state index contributed by atoms with van der Waals surface area (Å²) >= 11 is 0. The molecule has 1 N–H and O–H groups in total. The van der Waals surface area contributed by atoms with E-state index in [1.165, 1.54) is 11.1 Å². The molecule has 4 nitrogen and oxygen atoms in total. The number of rotatable bonds is 8. The molecule has 0 spiro atoms. The highest BCUT2D eigenvalue weighted by atomic mass is 16.7. The van der Waals surface area contributed by atoms with Gasteiger partial charge in [0.2, 0.25) is 0 Å². The first-order valence-corrected chi connectivity index (χ1v) is 8.60. The van der Waals surface area contributed by atoms with Gasteiger partial charge in [0.25, 0.3) is 0 Å². The SMILES string of the molecule is CNC(C)c1cc2ccc(CCc3ccc(OCOC)cc3)cc2o1. The van der Waals surface area contributed by atoms with E-state index in [1.54, 1.807) is 7.11 Å². The topological polar surface area (TPSA) is 43.6 Å². The smallest absolute Gasteiger partial charge is 0.188 e. The van der Waals surface area contributed by atoms with Crippen LogP contribution in [0.5, 0.6) is 5.75 Å². The predicted molar refractivity (Wildman–Crippen MR) is 100 cm³/mol. The minimum absolute atomic E-state index is 0.217. The van der Waals surface area contributed by atoms with E-state index in [1.807, 2.05) is 19.2 Å². The largest absolute Gasteiger partial charge is 0.468 e. The van der Waals surface area contributed by atoms with Gasteiger partial charge in [-0.15, -0.1) is 0 Å². The van der Waals surface area contributed by atoms with Gasteiger partial charge in [-0.1, -0.05) is 24.3 Å². The molecular formula is C21H25NO3. The highest BCUT2D eigenvalue weighted by molar-refractivity contribution is 5.78. The number of benzene rings is 2. The molecule has 3 rings (SSSR count). The Morgan fingerprint density at radius 2 is 1.72 bits per heavy atom. The van der Waals surface area contributed by atoms with Gasteiger partial charge in [0.15, 0.2) is 6.79 Å². The van der Waals surface area contributed by atoms with Crippen LogP contribution in [0.1, 0.15) is 29.9 Å². The Balaban J connectivity index is 1.64. The molecule has 2 aromatic carbocycles. The predicted octanol–water partition coefficient (Wildman–Crippen LogP) is 4.48. The lowest BCUT2D eigenvalue weighted by atomic mass is 10.0. The van der Waals surface area contributed by atoms with E-state index >= 15 is 0 Å². The lowest BCUT2D eigenvalue weighted by molar-refractivity contribution is 0.0511. The molecule has 0 saturated heterocycles. The number of furan rings is 1. The van der Waals surface area contributed by atoms with Crippen molar-refractivity contribution in [2.45, 2.75) is 25.8 Å². The average Bonchev–Trinajstić information content (AvgIpc) is 3.08. The van der Waals surface area contributed by atoms with Crippen molar-refractivity contribution in [1.82, 2.24) is 5.32 Å². The van der Waals surface area contributed by atoms with E-state index in [0.29, 0.717) is 0 Å². The molecule has 0 bridgehead atoms. The maximum atomic E-state index is 5.98. The van der Waals surface area contributed by atoms with E-state index in [0.717, 1.165) is 35.3 Å². The molecule has 1 heterocycles. The molecule has 4 heteroatoms. The molecule has 0 aliphatic rings. The van der Waals surface area contributed by atoms with Crippen LogP contribution >= 0.6 is 0 Å². The number of aryl methyl sites for hydroxylation is 2. The molecule has 1 atom stereocenters. The number of fused-ring (bicyclic) bond motifs is 1. The van der Waals surface area contributed by atoms with Crippen LogP contribution < -0.4 is 10.1 Å². The first kappa shape index (κ1) is 17.5. The molecule has 0 amide bonds. The first-order chi connectivity index (χ1) is 12.2. The van der Waals surface area contributed by atoms with Crippen LogP contribution in [-0.4, -0.2) is 21.0 Å². The molecule has 132 valence electrons. The van der Waals surface area contributed by atoms with Gasteiger partial charge in [-0.25, -0.2) is 0 Å². The molecule has 25 heavy (non-hydrogen) atoms. The minimum Gasteiger partial charge on any atom is -0.468 e. The Labute approximate surface area is 148 Å². The van der Waals surface area contributed by atoms with E-state index in [-0.39, 0.29) is 12.8 Å². The standard InChI is InChI=1S/C21H25NO3/c1-15(22-2)20-13-18-9-6-17(12-21(18)25-20)5-4-16-7-10-19(11-8-16)24-14-23-3/h6-13,15,22H,4-5,14H2,1-3H3. The fraction of sp³-hybridized carbons (Fsp3) is 0.333. The van der Waals surface area contributed by atoms with Crippen molar-refractivity contribution in [1.29, 1.82) is 0 Å². The second-order valence-corrected chi connectivity index (χ2v) is 6.23. The van der Waals surface area contributed by atoms with Crippen LogP contribution in [0.2, 0.25) is 0 Å². The van der Waals surface area contributed by atoms with Crippen molar-refractivity contribution in [2.24, 2.45) is 0 Å². The van der Waals surface area contributed by atoms with Gasteiger partial charge in [-0.05, 0) is 62.2 Å². The van der Waals surface area contributed by atoms with E-state index in [4.69, 9.17) is 13.9 Å². The first-order valence-electron chi connectivity index (χ1n) is 8.60. The monoisotopic (exact) mass is 339 g/mol. The molecule has 0 aliphatic heterocycles. The zero-order valence-corrected chi connectivity index (χ0v) is 15.0. The number of methoxy groups -OCH3 is 1. The molecule has 3 aromatic rings. The Morgan fingerprint density at radius 3 is 2.44 bits per heavy atom. The number of hydrogen-bond acceptors (Lipinski definition) is 4. The molecular weight excluding hydrogens is 314 g/mol. The van der Waals surface area contributed by atoms with Crippen LogP contribution in [0.25, 0.3) is 11.0 Å². The summed E-state index contributed by atoms with van der Waals surface area (Å²) in [5.74, 6) is 1.80. The van der Waals surface area contributed by atoms with Crippen LogP contribution in [0.15, 0.2) is 52.9 Å². The summed E-state index contributed by atoms with van der Waals surface area (Å²) in [6.07, 6.45) is 1.96. The van der Waals surface area contributed by atoms with Crippen molar-refractivity contribution in [3.63, 3.8) is 0 Å². The summed E-state index contributed by atoms with van der Waals surface area (Å²) in [6.45, 7) is 2.37. The lowest BCUT2D eigenvalue weighted by Crippen LogP contribution is -2.10. The molecule has 0 aliphatic carbocycles. The van der Waals surface area contributed by atoms with Crippen LogP contribution in [0, 0.1) is 0 Å². The fourth-order valence-corrected chi connectivity index (χ4v) is 2.78. The van der Waals surface area contributed by atoms with Gasteiger partial charge >= 0.3 is 0 Å². The molecule has 1 aromatic heterocycles. The highest BCUT2D eigenvalue weighted by Gasteiger charge is 2.10. The van der Waals surface area contributed by atoms with Crippen molar-refractivity contribution < 1.29 is 13.9 Å². The normalized spacial score (nSPS) is 12.4. The molecule has 0 fully saturated rings. The third-order valence-electron chi connectivity index (χ3n) is 4.43. The van der Waals surface area contributed by atoms with Crippen LogP contribution in [-0.2, 0) is 17.6 Å². The molecule has 0 saturated carbocycles. The zero-order valence-electron chi connectivity index (χ0n) is 15.0. The third-order valence-corrected chi connectivity index (χ3v) is 4.43. The Bertz CT molecular complexity index is 808. The van der Waals surface area contributed by atoms with Crippen LogP contribution in [0.4, 0.5) is 0 Å². The lowest BCUT2D eigenvalue weighted by Gasteiger charge is -2.06. The maximum Gasteiger partial charge on any atom is 0.188 e. The number of ether oxygens (including phenoxy) is 2. The van der Waals surface area contributed by atoms with Crippen molar-refractivity contribution in [2.75, 3.05) is 21.0 Å². The van der Waals surface area contributed by atoms with Gasteiger partial charge < -0.3 is 19.2 Å². The Hall–Kier alpha value is -2.30. The van der Waals surface area contributed by atoms with Crippen molar-refractivity contribution in [3.05, 3.63) is 65.4 Å². The second-order valence-electron chi connectivity index (χ2n) is 6.23. The summed E-state index contributed by atoms with van der Waals surface area (Å²) in [4.78, 5) is 0. The highest BCUT2D eigenvalue weighted by Crippen LogP contribution is 2.25. The summed E-state index contributed by atoms with van der Waals surface area (Å²) in [6, 6.07) is 17.0. The summed E-state index contributed by atoms with van der Waals surface area (Å²) in [5.41, 5.74) is 3.52. The number of nitrogens with one attached hydrogen (secondary N) is 1. The summed E-state index contributed by atoms with van der Waals surface area (Å²) < 4.78 is 16.3. The Morgan fingerprint density at radius 1 is 1.00 bits per heavy atom. The van der Waals surface area contributed by atoms with E-state index in [2.05, 4.69) is 48.6 Å². The van der Waals surface area contributed by atoms with E-state index in [9.17, 15) is 0 Å². The summed E-state index contributed by atoms with van der Waals surface area (Å²) in [7, 11) is 3.56. The average molecular weight is 339 g/mol.